The molecule has 2 N–H and O–H groups in total. The molecule has 1 aliphatic heterocycles. The van der Waals surface area contributed by atoms with Crippen LogP contribution in [0.1, 0.15) is 48.7 Å². The Morgan fingerprint density at radius 2 is 2.05 bits per heavy atom. The second-order valence-corrected chi connectivity index (χ2v) is 5.43. The van der Waals surface area contributed by atoms with E-state index in [9.17, 15) is 4.79 Å². The van der Waals surface area contributed by atoms with Gasteiger partial charge in [0, 0.05) is 37.6 Å². The first kappa shape index (κ1) is 14.8. The number of anilines is 1. The first-order valence-electron chi connectivity index (χ1n) is 7.18. The van der Waals surface area contributed by atoms with Crippen LogP contribution in [-0.4, -0.2) is 37.2 Å². The molecule has 2 heterocycles. The van der Waals surface area contributed by atoms with Gasteiger partial charge < -0.3 is 15.4 Å². The summed E-state index contributed by atoms with van der Waals surface area (Å²) < 4.78 is 5.30. The van der Waals surface area contributed by atoms with Crippen molar-refractivity contribution in [2.45, 2.75) is 38.6 Å². The Morgan fingerprint density at radius 1 is 1.35 bits per heavy atom. The van der Waals surface area contributed by atoms with Crippen LogP contribution >= 0.6 is 0 Å². The van der Waals surface area contributed by atoms with Crippen molar-refractivity contribution in [1.82, 2.24) is 10.3 Å². The molecule has 0 radical (unpaired) electrons. The van der Waals surface area contributed by atoms with Crippen LogP contribution in [0.2, 0.25) is 0 Å². The molecule has 0 bridgehead atoms. The van der Waals surface area contributed by atoms with E-state index in [1.54, 1.807) is 6.07 Å². The lowest BCUT2D eigenvalue weighted by molar-refractivity contribution is 0.0696. The molecule has 0 aliphatic carbocycles. The summed E-state index contributed by atoms with van der Waals surface area (Å²) in [6, 6.07) is 3.88. The third-order valence-corrected chi connectivity index (χ3v) is 3.51. The van der Waals surface area contributed by atoms with E-state index >= 15 is 0 Å². The molecule has 0 saturated carbocycles. The maximum atomic E-state index is 12.3. The predicted octanol–water partition coefficient (Wildman–Crippen LogP) is 2.16. The molecular weight excluding hydrogens is 254 g/mol. The van der Waals surface area contributed by atoms with Gasteiger partial charge in [-0.05, 0) is 30.9 Å². The van der Waals surface area contributed by atoms with E-state index in [4.69, 9.17) is 4.74 Å². The van der Waals surface area contributed by atoms with Crippen LogP contribution in [-0.2, 0) is 4.74 Å². The highest BCUT2D eigenvalue weighted by molar-refractivity contribution is 5.95. The average Bonchev–Trinajstić information content (AvgIpc) is 2.47. The van der Waals surface area contributed by atoms with Crippen LogP contribution in [0.25, 0.3) is 0 Å². The van der Waals surface area contributed by atoms with Gasteiger partial charge in [0.15, 0.2) is 0 Å². The second kappa shape index (κ2) is 6.70. The summed E-state index contributed by atoms with van der Waals surface area (Å²) in [5.41, 5.74) is 1.59. The Labute approximate surface area is 120 Å². The van der Waals surface area contributed by atoms with Crippen LogP contribution in [0.15, 0.2) is 12.1 Å². The summed E-state index contributed by atoms with van der Waals surface area (Å²) >= 11 is 0. The fourth-order valence-corrected chi connectivity index (χ4v) is 2.22. The van der Waals surface area contributed by atoms with Gasteiger partial charge in [-0.1, -0.05) is 13.8 Å². The van der Waals surface area contributed by atoms with E-state index in [0.717, 1.165) is 37.6 Å². The molecule has 1 amide bonds. The van der Waals surface area contributed by atoms with Crippen LogP contribution in [0.4, 0.5) is 5.82 Å². The fourth-order valence-electron chi connectivity index (χ4n) is 2.22. The van der Waals surface area contributed by atoms with E-state index in [1.807, 2.05) is 13.1 Å². The number of rotatable bonds is 4. The molecule has 1 aromatic rings. The molecule has 0 spiro atoms. The van der Waals surface area contributed by atoms with E-state index < -0.39 is 0 Å². The molecular formula is C15H23N3O2. The minimum Gasteiger partial charge on any atom is -0.381 e. The summed E-state index contributed by atoms with van der Waals surface area (Å²) in [6.45, 7) is 5.59. The predicted molar refractivity (Wildman–Crippen MR) is 79.2 cm³/mol. The second-order valence-electron chi connectivity index (χ2n) is 5.43. The van der Waals surface area contributed by atoms with Crippen molar-refractivity contribution in [2.24, 2.45) is 0 Å². The normalized spacial score (nSPS) is 16.2. The molecule has 0 aromatic carbocycles. The van der Waals surface area contributed by atoms with E-state index in [-0.39, 0.29) is 17.9 Å². The Hall–Kier alpha value is -1.62. The number of nitrogens with zero attached hydrogens (tertiary/aromatic N) is 1. The minimum absolute atomic E-state index is 0.0299. The largest absolute Gasteiger partial charge is 0.381 e. The third kappa shape index (κ3) is 3.70. The van der Waals surface area contributed by atoms with Crippen molar-refractivity contribution >= 4 is 11.7 Å². The molecule has 20 heavy (non-hydrogen) atoms. The Balaban J connectivity index is 2.13. The number of carbonyl (C=O) groups is 1. The quantitative estimate of drug-likeness (QED) is 0.885. The monoisotopic (exact) mass is 277 g/mol. The van der Waals surface area contributed by atoms with Crippen LogP contribution in [0.3, 0.4) is 0 Å². The van der Waals surface area contributed by atoms with Crippen molar-refractivity contribution in [3.05, 3.63) is 23.4 Å². The van der Waals surface area contributed by atoms with Crippen molar-refractivity contribution in [3.63, 3.8) is 0 Å². The summed E-state index contributed by atoms with van der Waals surface area (Å²) in [7, 11) is 1.81. The zero-order valence-corrected chi connectivity index (χ0v) is 12.4. The fraction of sp³-hybridized carbons (Fsp3) is 0.600. The number of aromatic nitrogens is 1. The first-order chi connectivity index (χ1) is 9.60. The Bertz CT molecular complexity index is 468. The van der Waals surface area contributed by atoms with Crippen molar-refractivity contribution in [3.8, 4) is 0 Å². The molecule has 0 unspecified atom stereocenters. The summed E-state index contributed by atoms with van der Waals surface area (Å²) in [5, 5.41) is 6.09. The third-order valence-electron chi connectivity index (χ3n) is 3.51. The number of carbonyl (C=O) groups excluding carboxylic acids is 1. The Kier molecular flexibility index (Phi) is 4.95. The minimum atomic E-state index is -0.0299. The van der Waals surface area contributed by atoms with Gasteiger partial charge in [-0.15, -0.1) is 0 Å². The molecule has 1 aliphatic rings. The molecule has 1 aromatic heterocycles. The van der Waals surface area contributed by atoms with Gasteiger partial charge in [-0.2, -0.15) is 0 Å². The van der Waals surface area contributed by atoms with Crippen molar-refractivity contribution < 1.29 is 9.53 Å². The van der Waals surface area contributed by atoms with Gasteiger partial charge in [0.2, 0.25) is 0 Å². The number of ether oxygens (including phenoxy) is 1. The van der Waals surface area contributed by atoms with E-state index in [0.29, 0.717) is 5.56 Å². The lowest BCUT2D eigenvalue weighted by Crippen LogP contribution is -2.39. The molecule has 0 atom stereocenters. The zero-order chi connectivity index (χ0) is 14.5. The first-order valence-corrected chi connectivity index (χ1v) is 7.18. The SMILES string of the molecule is CNc1cc(C(=O)NC2CCOCC2)cc(C(C)C)n1. The number of amides is 1. The van der Waals surface area contributed by atoms with E-state index in [1.165, 1.54) is 0 Å². The number of pyridine rings is 1. The van der Waals surface area contributed by atoms with Gasteiger partial charge >= 0.3 is 0 Å². The lowest BCUT2D eigenvalue weighted by Gasteiger charge is -2.23. The van der Waals surface area contributed by atoms with Crippen molar-refractivity contribution in [2.75, 3.05) is 25.6 Å². The standard InChI is InChI=1S/C15H23N3O2/c1-10(2)13-8-11(9-14(16-3)18-13)15(19)17-12-4-6-20-7-5-12/h8-10,12H,4-7H2,1-3H3,(H,16,18)(H,17,19). The highest BCUT2D eigenvalue weighted by atomic mass is 16.5. The summed E-state index contributed by atoms with van der Waals surface area (Å²) in [5.74, 6) is 0.990. The number of hydrogen-bond acceptors (Lipinski definition) is 4. The zero-order valence-electron chi connectivity index (χ0n) is 12.4. The highest BCUT2D eigenvalue weighted by Gasteiger charge is 2.18. The number of hydrogen-bond donors (Lipinski definition) is 2. The van der Waals surface area contributed by atoms with Gasteiger partial charge in [-0.3, -0.25) is 4.79 Å². The van der Waals surface area contributed by atoms with Gasteiger partial charge in [0.05, 0.1) is 0 Å². The van der Waals surface area contributed by atoms with Gasteiger partial charge in [0.1, 0.15) is 5.82 Å². The Morgan fingerprint density at radius 3 is 2.65 bits per heavy atom. The highest BCUT2D eigenvalue weighted by Crippen LogP contribution is 2.18. The molecule has 5 heteroatoms. The molecule has 1 saturated heterocycles. The smallest absolute Gasteiger partial charge is 0.251 e. The van der Waals surface area contributed by atoms with Crippen molar-refractivity contribution in [1.29, 1.82) is 0 Å². The molecule has 5 nitrogen and oxygen atoms in total. The molecule has 110 valence electrons. The molecule has 2 rings (SSSR count). The van der Waals surface area contributed by atoms with E-state index in [2.05, 4.69) is 29.5 Å². The van der Waals surface area contributed by atoms with Crippen LogP contribution in [0.5, 0.6) is 0 Å². The maximum Gasteiger partial charge on any atom is 0.251 e. The van der Waals surface area contributed by atoms with Gasteiger partial charge in [0.25, 0.3) is 5.91 Å². The summed E-state index contributed by atoms with van der Waals surface area (Å²) in [6.07, 6.45) is 1.76. The molecule has 1 fully saturated rings. The van der Waals surface area contributed by atoms with Crippen LogP contribution < -0.4 is 10.6 Å². The summed E-state index contributed by atoms with van der Waals surface area (Å²) in [4.78, 5) is 16.8. The topological polar surface area (TPSA) is 63.2 Å². The number of nitrogens with one attached hydrogen (secondary N) is 2. The average molecular weight is 277 g/mol. The van der Waals surface area contributed by atoms with Crippen LogP contribution in [0, 0.1) is 0 Å². The maximum absolute atomic E-state index is 12.3. The lowest BCUT2D eigenvalue weighted by atomic mass is 10.1. The van der Waals surface area contributed by atoms with Gasteiger partial charge in [-0.25, -0.2) is 4.98 Å².